The highest BCUT2D eigenvalue weighted by molar-refractivity contribution is 7.09. The predicted octanol–water partition coefficient (Wildman–Crippen LogP) is 3.69. The van der Waals surface area contributed by atoms with E-state index in [9.17, 15) is 0 Å². The lowest BCUT2D eigenvalue weighted by Crippen LogP contribution is -2.24. The summed E-state index contributed by atoms with van der Waals surface area (Å²) in [6.45, 7) is 2.54. The third-order valence-electron chi connectivity index (χ3n) is 3.83. The second-order valence-electron chi connectivity index (χ2n) is 5.49. The number of ether oxygens (including phenoxy) is 1. The Hall–Kier alpha value is -2.11. The fourth-order valence-corrected chi connectivity index (χ4v) is 3.36. The van der Waals surface area contributed by atoms with Gasteiger partial charge in [0, 0.05) is 43.0 Å². The molecule has 0 N–H and O–H groups in total. The van der Waals surface area contributed by atoms with E-state index in [4.69, 9.17) is 4.74 Å². The molecule has 4 nitrogen and oxygen atoms in total. The molecule has 120 valence electrons. The molecule has 0 atom stereocenters. The fourth-order valence-electron chi connectivity index (χ4n) is 2.61. The van der Waals surface area contributed by atoms with Gasteiger partial charge in [-0.1, -0.05) is 24.3 Å². The lowest BCUT2D eigenvalue weighted by Gasteiger charge is -2.22. The Morgan fingerprint density at radius 3 is 2.70 bits per heavy atom. The van der Waals surface area contributed by atoms with Crippen molar-refractivity contribution in [2.75, 3.05) is 7.11 Å². The zero-order chi connectivity index (χ0) is 16.1. The number of thiophene rings is 1. The quantitative estimate of drug-likeness (QED) is 0.663. The van der Waals surface area contributed by atoms with Gasteiger partial charge in [0.15, 0.2) is 0 Å². The molecule has 3 aromatic rings. The highest BCUT2D eigenvalue weighted by Gasteiger charge is 2.13. The summed E-state index contributed by atoms with van der Waals surface area (Å²) in [6.07, 6.45) is 3.84. The molecule has 0 radical (unpaired) electrons. The first-order chi connectivity index (χ1) is 11.3. The number of hydrogen-bond donors (Lipinski definition) is 0. The van der Waals surface area contributed by atoms with Crippen LogP contribution < -0.4 is 4.74 Å². The molecule has 5 heteroatoms. The van der Waals surface area contributed by atoms with E-state index in [0.717, 1.165) is 31.2 Å². The van der Waals surface area contributed by atoms with Crippen LogP contribution in [0.15, 0.2) is 54.2 Å². The summed E-state index contributed by atoms with van der Waals surface area (Å²) in [5.41, 5.74) is 1.20. The molecule has 1 aromatic carbocycles. The minimum absolute atomic E-state index is 0.805. The number of aryl methyl sites for hydroxylation is 1. The molecular weight excluding hydrogens is 306 g/mol. The number of imidazole rings is 1. The summed E-state index contributed by atoms with van der Waals surface area (Å²) in [6, 6.07) is 12.5. The van der Waals surface area contributed by atoms with Gasteiger partial charge in [-0.25, -0.2) is 4.98 Å². The number of rotatable bonds is 7. The summed E-state index contributed by atoms with van der Waals surface area (Å²) >= 11 is 1.79. The van der Waals surface area contributed by atoms with E-state index >= 15 is 0 Å². The van der Waals surface area contributed by atoms with Crippen molar-refractivity contribution >= 4 is 11.3 Å². The Morgan fingerprint density at radius 2 is 2.00 bits per heavy atom. The largest absolute Gasteiger partial charge is 0.496 e. The minimum atomic E-state index is 0.805. The molecule has 3 rings (SSSR count). The summed E-state index contributed by atoms with van der Waals surface area (Å²) in [5.74, 6) is 2.00. The van der Waals surface area contributed by atoms with E-state index in [0.29, 0.717) is 0 Å². The molecular formula is C18H21N3OS. The maximum Gasteiger partial charge on any atom is 0.123 e. The molecule has 0 aliphatic carbocycles. The molecule has 0 fully saturated rings. The van der Waals surface area contributed by atoms with Crippen molar-refractivity contribution in [1.29, 1.82) is 0 Å². The highest BCUT2D eigenvalue weighted by Crippen LogP contribution is 2.22. The molecule has 0 saturated carbocycles. The normalized spacial score (nSPS) is 11.1. The third kappa shape index (κ3) is 4.00. The minimum Gasteiger partial charge on any atom is -0.496 e. The first-order valence-corrected chi connectivity index (χ1v) is 8.47. The number of methoxy groups -OCH3 is 1. The Balaban J connectivity index is 1.80. The maximum atomic E-state index is 5.50. The first-order valence-electron chi connectivity index (χ1n) is 7.59. The van der Waals surface area contributed by atoms with Gasteiger partial charge in [-0.3, -0.25) is 4.90 Å². The molecule has 0 amide bonds. The van der Waals surface area contributed by atoms with Crippen molar-refractivity contribution in [3.8, 4) is 5.75 Å². The van der Waals surface area contributed by atoms with Crippen molar-refractivity contribution < 1.29 is 4.74 Å². The highest BCUT2D eigenvalue weighted by atomic mass is 32.1. The van der Waals surface area contributed by atoms with Crippen LogP contribution in [0, 0.1) is 0 Å². The topological polar surface area (TPSA) is 30.3 Å². The number of benzene rings is 1. The van der Waals surface area contributed by atoms with E-state index < -0.39 is 0 Å². The predicted molar refractivity (Wildman–Crippen MR) is 93.5 cm³/mol. The van der Waals surface area contributed by atoms with Crippen LogP contribution in [0.5, 0.6) is 5.75 Å². The van der Waals surface area contributed by atoms with Gasteiger partial charge in [-0.05, 0) is 17.5 Å². The van der Waals surface area contributed by atoms with Gasteiger partial charge in [-0.15, -0.1) is 11.3 Å². The fraction of sp³-hybridized carbons (Fsp3) is 0.278. The van der Waals surface area contributed by atoms with Crippen molar-refractivity contribution in [1.82, 2.24) is 14.5 Å². The van der Waals surface area contributed by atoms with Crippen LogP contribution in [0.1, 0.15) is 16.3 Å². The van der Waals surface area contributed by atoms with E-state index in [1.165, 1.54) is 10.4 Å². The van der Waals surface area contributed by atoms with Gasteiger partial charge in [0.2, 0.25) is 0 Å². The molecule has 0 aliphatic heterocycles. The molecule has 2 heterocycles. The second-order valence-corrected chi connectivity index (χ2v) is 6.52. The van der Waals surface area contributed by atoms with Crippen molar-refractivity contribution in [3.63, 3.8) is 0 Å². The number of aromatic nitrogens is 2. The van der Waals surface area contributed by atoms with Crippen LogP contribution in [-0.2, 0) is 26.7 Å². The van der Waals surface area contributed by atoms with Gasteiger partial charge >= 0.3 is 0 Å². The van der Waals surface area contributed by atoms with Crippen LogP contribution in [0.3, 0.4) is 0 Å². The summed E-state index contributed by atoms with van der Waals surface area (Å²) in [4.78, 5) is 8.21. The smallest absolute Gasteiger partial charge is 0.123 e. The van der Waals surface area contributed by atoms with Crippen molar-refractivity contribution in [2.45, 2.75) is 19.6 Å². The van der Waals surface area contributed by atoms with Crippen molar-refractivity contribution in [3.05, 3.63) is 70.4 Å². The second kappa shape index (κ2) is 7.44. The Labute approximate surface area is 141 Å². The molecule has 23 heavy (non-hydrogen) atoms. The van der Waals surface area contributed by atoms with Crippen molar-refractivity contribution in [2.24, 2.45) is 7.05 Å². The summed E-state index contributed by atoms with van der Waals surface area (Å²) < 4.78 is 7.57. The molecule has 2 aromatic heterocycles. The first kappa shape index (κ1) is 15.8. The third-order valence-corrected chi connectivity index (χ3v) is 4.69. The Morgan fingerprint density at radius 1 is 1.13 bits per heavy atom. The average Bonchev–Trinajstić information content (AvgIpc) is 3.20. The van der Waals surface area contributed by atoms with E-state index in [2.05, 4.69) is 44.1 Å². The van der Waals surface area contributed by atoms with Gasteiger partial charge in [-0.2, -0.15) is 0 Å². The molecule has 0 aliphatic rings. The van der Waals surface area contributed by atoms with Gasteiger partial charge in [0.25, 0.3) is 0 Å². The van der Waals surface area contributed by atoms with Gasteiger partial charge in [0.05, 0.1) is 13.7 Å². The van der Waals surface area contributed by atoms with Gasteiger partial charge < -0.3 is 9.30 Å². The van der Waals surface area contributed by atoms with Crippen LogP contribution in [0.25, 0.3) is 0 Å². The van der Waals surface area contributed by atoms with Crippen LogP contribution in [-0.4, -0.2) is 21.6 Å². The standard InChI is InChI=1S/C18H21N3OS/c1-20-10-9-19-18(20)14-21(13-16-7-5-11-23-16)12-15-6-3-4-8-17(15)22-2/h3-11H,12-14H2,1-2H3. The SMILES string of the molecule is COc1ccccc1CN(Cc1cccs1)Cc1nccn1C. The van der Waals surface area contributed by atoms with E-state index in [1.807, 2.05) is 31.6 Å². The monoisotopic (exact) mass is 327 g/mol. The van der Waals surface area contributed by atoms with Gasteiger partial charge in [0.1, 0.15) is 11.6 Å². The molecule has 0 unspecified atom stereocenters. The molecule has 0 saturated heterocycles. The zero-order valence-corrected chi connectivity index (χ0v) is 14.3. The number of hydrogen-bond acceptors (Lipinski definition) is 4. The van der Waals surface area contributed by atoms with Crippen LogP contribution in [0.2, 0.25) is 0 Å². The number of para-hydroxylation sites is 1. The summed E-state index contributed by atoms with van der Waals surface area (Å²) in [5, 5.41) is 2.12. The van der Waals surface area contributed by atoms with E-state index in [-0.39, 0.29) is 0 Å². The lowest BCUT2D eigenvalue weighted by molar-refractivity contribution is 0.237. The number of nitrogens with zero attached hydrogens (tertiary/aromatic N) is 3. The Kier molecular flexibility index (Phi) is 5.10. The average molecular weight is 327 g/mol. The maximum absolute atomic E-state index is 5.50. The molecule has 0 spiro atoms. The lowest BCUT2D eigenvalue weighted by atomic mass is 10.2. The Bertz CT molecular complexity index is 736. The summed E-state index contributed by atoms with van der Waals surface area (Å²) in [7, 11) is 3.76. The molecule has 0 bridgehead atoms. The van der Waals surface area contributed by atoms with Crippen LogP contribution >= 0.6 is 11.3 Å². The van der Waals surface area contributed by atoms with Crippen LogP contribution in [0.4, 0.5) is 0 Å². The van der Waals surface area contributed by atoms with E-state index in [1.54, 1.807) is 18.4 Å². The zero-order valence-electron chi connectivity index (χ0n) is 13.5.